The number of para-hydroxylation sites is 1. The lowest BCUT2D eigenvalue weighted by atomic mass is 9.83. The Balaban J connectivity index is 0.00000336. The summed E-state index contributed by atoms with van der Waals surface area (Å²) in [6.45, 7) is 2.57. The molecule has 0 saturated carbocycles. The summed E-state index contributed by atoms with van der Waals surface area (Å²) in [5, 5.41) is 15.1. The zero-order valence-electron chi connectivity index (χ0n) is 20.5. The Morgan fingerprint density at radius 2 is 1.74 bits per heavy atom. The minimum absolute atomic E-state index is 0. The Hall–Kier alpha value is -3.55. The number of alkyl halides is 3. The molecule has 1 aliphatic rings. The molecular formula is C30H27ClF3NO3. The molecule has 8 heteroatoms. The fourth-order valence-corrected chi connectivity index (χ4v) is 5.18. The van der Waals surface area contributed by atoms with Gasteiger partial charge in [0.15, 0.2) is 0 Å². The molecule has 3 atom stereocenters. The second-order valence-electron chi connectivity index (χ2n) is 9.37. The first-order valence-electron chi connectivity index (χ1n) is 12.1. The third-order valence-corrected chi connectivity index (χ3v) is 7.01. The van der Waals surface area contributed by atoms with Crippen molar-refractivity contribution in [2.75, 3.05) is 6.54 Å². The second-order valence-corrected chi connectivity index (χ2v) is 9.37. The number of rotatable bonds is 6. The van der Waals surface area contributed by atoms with Crippen LogP contribution in [0, 0.1) is 0 Å². The molecule has 0 saturated heterocycles. The number of hydrogen-bond acceptors (Lipinski definition) is 3. The highest BCUT2D eigenvalue weighted by Gasteiger charge is 2.37. The zero-order chi connectivity index (χ0) is 26.2. The predicted octanol–water partition coefficient (Wildman–Crippen LogP) is 7.61. The maximum Gasteiger partial charge on any atom is 0.417 e. The minimum Gasteiger partial charge on any atom is -0.489 e. The molecule has 38 heavy (non-hydrogen) atoms. The van der Waals surface area contributed by atoms with Crippen molar-refractivity contribution >= 4 is 29.1 Å². The fraction of sp³-hybridized carbons (Fsp3) is 0.233. The van der Waals surface area contributed by atoms with Gasteiger partial charge in [-0.25, -0.2) is 4.79 Å². The van der Waals surface area contributed by atoms with Gasteiger partial charge in [0.05, 0.1) is 11.1 Å². The van der Waals surface area contributed by atoms with E-state index < -0.39 is 23.3 Å². The topological polar surface area (TPSA) is 58.6 Å². The molecule has 5 rings (SSSR count). The molecule has 0 radical (unpaired) electrons. The van der Waals surface area contributed by atoms with Crippen LogP contribution >= 0.6 is 12.4 Å². The van der Waals surface area contributed by atoms with E-state index in [4.69, 9.17) is 4.74 Å². The van der Waals surface area contributed by atoms with Gasteiger partial charge in [0.2, 0.25) is 0 Å². The first kappa shape index (κ1) is 27.5. The molecular weight excluding hydrogens is 515 g/mol. The smallest absolute Gasteiger partial charge is 0.417 e. The molecule has 4 aromatic carbocycles. The summed E-state index contributed by atoms with van der Waals surface area (Å²) in [6.07, 6.45) is -4.61. The Labute approximate surface area is 224 Å². The van der Waals surface area contributed by atoms with Crippen LogP contribution in [0.2, 0.25) is 0 Å². The molecule has 0 aromatic heterocycles. The van der Waals surface area contributed by atoms with Crippen LogP contribution in [0.5, 0.6) is 5.75 Å². The standard InChI is InChI=1S/C30H26F3NO3.ClH/c1-18(22-11-6-8-19-7-2-3-9-23(19)22)34-17-21-16-26(24-10-4-5-12-28(24)37-21)20-13-14-25(29(35)36)27(15-20)30(31,32)33;/h2-15,18,21,26,34H,16-17H2,1H3,(H,35,36);1H/t18-,21-,26-;/m1./s1. The Bertz CT molecular complexity index is 1450. The summed E-state index contributed by atoms with van der Waals surface area (Å²) >= 11 is 0. The molecule has 2 N–H and O–H groups in total. The number of hydrogen-bond donors (Lipinski definition) is 2. The van der Waals surface area contributed by atoms with Crippen molar-refractivity contribution in [3.05, 3.63) is 113 Å². The van der Waals surface area contributed by atoms with Crippen molar-refractivity contribution in [3.63, 3.8) is 0 Å². The number of halogens is 4. The van der Waals surface area contributed by atoms with Gasteiger partial charge in [-0.05, 0) is 53.4 Å². The largest absolute Gasteiger partial charge is 0.489 e. The molecule has 4 aromatic rings. The molecule has 0 fully saturated rings. The van der Waals surface area contributed by atoms with Crippen molar-refractivity contribution in [2.45, 2.75) is 37.6 Å². The van der Waals surface area contributed by atoms with Crippen molar-refractivity contribution in [1.82, 2.24) is 5.32 Å². The Kier molecular flexibility index (Phi) is 7.99. The van der Waals surface area contributed by atoms with E-state index in [0.717, 1.165) is 34.0 Å². The van der Waals surface area contributed by atoms with Crippen LogP contribution in [-0.2, 0) is 6.18 Å². The number of aromatic carboxylic acids is 1. The third-order valence-electron chi connectivity index (χ3n) is 7.01. The quantitative estimate of drug-likeness (QED) is 0.264. The molecule has 1 aliphatic heterocycles. The van der Waals surface area contributed by atoms with Gasteiger partial charge in [-0.2, -0.15) is 13.2 Å². The van der Waals surface area contributed by atoms with E-state index in [1.807, 2.05) is 42.5 Å². The summed E-state index contributed by atoms with van der Waals surface area (Å²) in [7, 11) is 0. The lowest BCUT2D eigenvalue weighted by Crippen LogP contribution is -2.37. The second kappa shape index (κ2) is 11.1. The summed E-state index contributed by atoms with van der Waals surface area (Å²) in [6, 6.07) is 25.2. The number of benzene rings is 4. The van der Waals surface area contributed by atoms with E-state index in [-0.39, 0.29) is 30.5 Å². The van der Waals surface area contributed by atoms with Crippen LogP contribution in [0.15, 0.2) is 84.9 Å². The van der Waals surface area contributed by atoms with Crippen molar-refractivity contribution in [2.24, 2.45) is 0 Å². The van der Waals surface area contributed by atoms with Crippen LogP contribution in [0.1, 0.15) is 57.9 Å². The van der Waals surface area contributed by atoms with Gasteiger partial charge >= 0.3 is 12.1 Å². The van der Waals surface area contributed by atoms with E-state index in [1.54, 1.807) is 0 Å². The van der Waals surface area contributed by atoms with Gasteiger partial charge in [-0.1, -0.05) is 66.7 Å². The van der Waals surface area contributed by atoms with Gasteiger partial charge in [0.25, 0.3) is 0 Å². The maximum atomic E-state index is 13.7. The first-order valence-corrected chi connectivity index (χ1v) is 12.1. The van der Waals surface area contributed by atoms with Crippen LogP contribution in [-0.4, -0.2) is 23.7 Å². The average Bonchev–Trinajstić information content (AvgIpc) is 2.90. The average molecular weight is 542 g/mol. The predicted molar refractivity (Wildman–Crippen MR) is 143 cm³/mol. The van der Waals surface area contributed by atoms with Crippen LogP contribution in [0.25, 0.3) is 10.8 Å². The van der Waals surface area contributed by atoms with E-state index in [2.05, 4.69) is 36.5 Å². The first-order chi connectivity index (χ1) is 17.7. The molecule has 198 valence electrons. The van der Waals surface area contributed by atoms with E-state index in [0.29, 0.717) is 24.3 Å². The van der Waals surface area contributed by atoms with Crippen LogP contribution in [0.4, 0.5) is 13.2 Å². The monoisotopic (exact) mass is 541 g/mol. The lowest BCUT2D eigenvalue weighted by molar-refractivity contribution is -0.138. The fourth-order valence-electron chi connectivity index (χ4n) is 5.18. The number of carboxylic acid groups (broad SMARTS) is 1. The van der Waals surface area contributed by atoms with E-state index in [1.165, 1.54) is 6.07 Å². The summed E-state index contributed by atoms with van der Waals surface area (Å²) in [4.78, 5) is 11.4. The highest BCUT2D eigenvalue weighted by molar-refractivity contribution is 5.90. The number of fused-ring (bicyclic) bond motifs is 2. The summed E-state index contributed by atoms with van der Waals surface area (Å²) in [5.74, 6) is -1.34. The molecule has 1 heterocycles. The molecule has 0 unspecified atom stereocenters. The third kappa shape index (κ3) is 5.49. The Morgan fingerprint density at radius 1 is 1.03 bits per heavy atom. The van der Waals surface area contributed by atoms with Crippen LogP contribution in [0.3, 0.4) is 0 Å². The van der Waals surface area contributed by atoms with Crippen molar-refractivity contribution in [3.8, 4) is 5.75 Å². The summed E-state index contributed by atoms with van der Waals surface area (Å²) < 4.78 is 47.4. The zero-order valence-corrected chi connectivity index (χ0v) is 21.4. The maximum absolute atomic E-state index is 13.7. The van der Waals surface area contributed by atoms with Gasteiger partial charge < -0.3 is 15.2 Å². The van der Waals surface area contributed by atoms with Gasteiger partial charge in [0, 0.05) is 24.1 Å². The highest BCUT2D eigenvalue weighted by atomic mass is 35.5. The van der Waals surface area contributed by atoms with Gasteiger partial charge in [-0.3, -0.25) is 0 Å². The molecule has 0 aliphatic carbocycles. The molecule has 0 amide bonds. The van der Waals surface area contributed by atoms with Gasteiger partial charge in [-0.15, -0.1) is 12.4 Å². The van der Waals surface area contributed by atoms with Crippen LogP contribution < -0.4 is 10.1 Å². The molecule has 0 spiro atoms. The van der Waals surface area contributed by atoms with Gasteiger partial charge in [0.1, 0.15) is 11.9 Å². The van der Waals surface area contributed by atoms with E-state index in [9.17, 15) is 23.1 Å². The van der Waals surface area contributed by atoms with Crippen molar-refractivity contribution in [1.29, 1.82) is 0 Å². The van der Waals surface area contributed by atoms with Crippen molar-refractivity contribution < 1.29 is 27.8 Å². The highest BCUT2D eigenvalue weighted by Crippen LogP contribution is 2.42. The molecule has 0 bridgehead atoms. The number of carboxylic acids is 1. The summed E-state index contributed by atoms with van der Waals surface area (Å²) in [5.41, 5.74) is 0.474. The number of ether oxygens (including phenoxy) is 1. The Morgan fingerprint density at radius 3 is 2.50 bits per heavy atom. The number of nitrogens with one attached hydrogen (secondary N) is 1. The number of carbonyl (C=O) groups is 1. The lowest BCUT2D eigenvalue weighted by Gasteiger charge is -2.34. The SMILES string of the molecule is C[C@@H](NC[C@H]1C[C@H](c2ccc(C(=O)O)c(C(F)(F)F)c2)c2ccccc2O1)c1cccc2ccccc12.Cl. The normalized spacial score (nSPS) is 17.7. The molecule has 4 nitrogen and oxygen atoms in total. The minimum atomic E-state index is -4.77. The van der Waals surface area contributed by atoms with E-state index >= 15 is 0 Å².